The number of anilines is 1. The van der Waals surface area contributed by atoms with Crippen molar-refractivity contribution < 1.29 is 0 Å². The standard InChI is InChI=1S/C12H15N5/c1-7-3-4-10(13)9(5-7)12-14-15-16-17(12)11-6-8(11)2/h3-5,8,11H,6,13H2,1-2H3. The molecule has 0 bridgehead atoms. The first-order valence-corrected chi connectivity index (χ1v) is 5.81. The second-order valence-corrected chi connectivity index (χ2v) is 4.82. The van der Waals surface area contributed by atoms with Crippen LogP contribution in [0.25, 0.3) is 11.4 Å². The number of rotatable bonds is 2. The smallest absolute Gasteiger partial charge is 0.184 e. The Bertz CT molecular complexity index is 560. The summed E-state index contributed by atoms with van der Waals surface area (Å²) in [6, 6.07) is 6.36. The first-order chi connectivity index (χ1) is 8.16. The van der Waals surface area contributed by atoms with Crippen LogP contribution in [0.5, 0.6) is 0 Å². The third-order valence-electron chi connectivity index (χ3n) is 3.32. The zero-order valence-corrected chi connectivity index (χ0v) is 9.96. The summed E-state index contributed by atoms with van der Waals surface area (Å²) < 4.78 is 1.90. The number of benzene rings is 1. The number of nitrogens with two attached hydrogens (primary N) is 1. The van der Waals surface area contributed by atoms with E-state index in [1.165, 1.54) is 0 Å². The van der Waals surface area contributed by atoms with E-state index in [0.717, 1.165) is 29.1 Å². The summed E-state index contributed by atoms with van der Waals surface area (Å²) in [4.78, 5) is 0. The molecule has 1 heterocycles. The molecular weight excluding hydrogens is 214 g/mol. The van der Waals surface area contributed by atoms with Gasteiger partial charge in [-0.2, -0.15) is 0 Å². The molecule has 0 radical (unpaired) electrons. The first kappa shape index (κ1) is 10.3. The van der Waals surface area contributed by atoms with Crippen LogP contribution in [-0.4, -0.2) is 20.2 Å². The van der Waals surface area contributed by atoms with E-state index >= 15 is 0 Å². The Balaban J connectivity index is 2.09. The molecule has 2 N–H and O–H groups in total. The molecule has 3 rings (SSSR count). The van der Waals surface area contributed by atoms with Crippen molar-refractivity contribution in [1.82, 2.24) is 20.2 Å². The maximum Gasteiger partial charge on any atom is 0.184 e. The molecule has 2 atom stereocenters. The van der Waals surface area contributed by atoms with Gasteiger partial charge in [0.1, 0.15) is 0 Å². The summed E-state index contributed by atoms with van der Waals surface area (Å²) in [5.74, 6) is 1.43. The van der Waals surface area contributed by atoms with Crippen LogP contribution in [0.4, 0.5) is 5.69 Å². The topological polar surface area (TPSA) is 69.6 Å². The molecule has 1 aromatic heterocycles. The maximum absolute atomic E-state index is 6.00. The Morgan fingerprint density at radius 3 is 2.88 bits per heavy atom. The molecule has 0 aliphatic heterocycles. The highest BCUT2D eigenvalue weighted by molar-refractivity contribution is 5.72. The number of aromatic nitrogens is 4. The predicted molar refractivity (Wildman–Crippen MR) is 65.2 cm³/mol. The molecule has 0 amide bonds. The second-order valence-electron chi connectivity index (χ2n) is 4.82. The normalized spacial score (nSPS) is 22.7. The molecule has 1 aromatic carbocycles. The molecule has 2 unspecified atom stereocenters. The Kier molecular flexibility index (Phi) is 2.14. The van der Waals surface area contributed by atoms with Crippen molar-refractivity contribution in [2.24, 2.45) is 5.92 Å². The summed E-state index contributed by atoms with van der Waals surface area (Å²) in [7, 11) is 0. The van der Waals surface area contributed by atoms with Crippen LogP contribution in [0, 0.1) is 12.8 Å². The molecule has 1 saturated carbocycles. The monoisotopic (exact) mass is 229 g/mol. The van der Waals surface area contributed by atoms with Gasteiger partial charge in [-0.3, -0.25) is 0 Å². The van der Waals surface area contributed by atoms with Crippen molar-refractivity contribution in [3.8, 4) is 11.4 Å². The van der Waals surface area contributed by atoms with Crippen molar-refractivity contribution in [3.05, 3.63) is 23.8 Å². The highest BCUT2D eigenvalue weighted by Crippen LogP contribution is 2.44. The molecule has 1 aliphatic carbocycles. The van der Waals surface area contributed by atoms with E-state index in [0.29, 0.717) is 12.0 Å². The highest BCUT2D eigenvalue weighted by Gasteiger charge is 2.37. The van der Waals surface area contributed by atoms with Crippen LogP contribution in [0.2, 0.25) is 0 Å². The van der Waals surface area contributed by atoms with Crippen LogP contribution in [-0.2, 0) is 0 Å². The minimum atomic E-state index is 0.430. The molecule has 17 heavy (non-hydrogen) atoms. The van der Waals surface area contributed by atoms with Gasteiger partial charge in [0.2, 0.25) is 0 Å². The molecule has 5 nitrogen and oxygen atoms in total. The average molecular weight is 229 g/mol. The quantitative estimate of drug-likeness (QED) is 0.797. The van der Waals surface area contributed by atoms with Gasteiger partial charge in [0.15, 0.2) is 5.82 Å². The van der Waals surface area contributed by atoms with E-state index in [9.17, 15) is 0 Å². The van der Waals surface area contributed by atoms with Gasteiger partial charge in [-0.15, -0.1) is 5.10 Å². The largest absolute Gasteiger partial charge is 0.398 e. The number of hydrogen-bond acceptors (Lipinski definition) is 4. The van der Waals surface area contributed by atoms with E-state index in [-0.39, 0.29) is 0 Å². The summed E-state index contributed by atoms with van der Waals surface area (Å²) in [6.45, 7) is 4.24. The molecule has 1 aliphatic rings. The number of nitrogen functional groups attached to an aromatic ring is 1. The van der Waals surface area contributed by atoms with E-state index in [1.807, 2.05) is 29.8 Å². The Morgan fingerprint density at radius 1 is 1.41 bits per heavy atom. The molecule has 1 fully saturated rings. The minimum absolute atomic E-state index is 0.430. The summed E-state index contributed by atoms with van der Waals surface area (Å²) >= 11 is 0. The van der Waals surface area contributed by atoms with E-state index in [2.05, 4.69) is 22.4 Å². The van der Waals surface area contributed by atoms with Crippen LogP contribution in [0.1, 0.15) is 24.9 Å². The van der Waals surface area contributed by atoms with Crippen molar-refractivity contribution >= 4 is 5.69 Å². The highest BCUT2D eigenvalue weighted by atomic mass is 15.6. The van der Waals surface area contributed by atoms with Gasteiger partial charge >= 0.3 is 0 Å². The minimum Gasteiger partial charge on any atom is -0.398 e. The van der Waals surface area contributed by atoms with Gasteiger partial charge in [-0.1, -0.05) is 18.6 Å². The lowest BCUT2D eigenvalue weighted by Gasteiger charge is -2.07. The molecular formula is C12H15N5. The predicted octanol–water partition coefficient (Wildman–Crippen LogP) is 1.81. The fourth-order valence-electron chi connectivity index (χ4n) is 2.10. The molecule has 2 aromatic rings. The maximum atomic E-state index is 6.00. The number of hydrogen-bond donors (Lipinski definition) is 1. The molecule has 0 spiro atoms. The summed E-state index contributed by atoms with van der Waals surface area (Å²) in [5.41, 5.74) is 8.80. The molecule has 0 saturated heterocycles. The number of aryl methyl sites for hydroxylation is 1. The molecule has 88 valence electrons. The lowest BCUT2D eigenvalue weighted by Crippen LogP contribution is -2.03. The fraction of sp³-hybridized carbons (Fsp3) is 0.417. The third kappa shape index (κ3) is 1.67. The average Bonchev–Trinajstić information content (AvgIpc) is 2.85. The lowest BCUT2D eigenvalue weighted by molar-refractivity contribution is 0.584. The van der Waals surface area contributed by atoms with Crippen molar-refractivity contribution in [1.29, 1.82) is 0 Å². The second kappa shape index (κ2) is 3.55. The van der Waals surface area contributed by atoms with Crippen LogP contribution in [0.3, 0.4) is 0 Å². The third-order valence-corrected chi connectivity index (χ3v) is 3.32. The van der Waals surface area contributed by atoms with E-state index < -0.39 is 0 Å². The first-order valence-electron chi connectivity index (χ1n) is 5.81. The van der Waals surface area contributed by atoms with Crippen molar-refractivity contribution in [3.63, 3.8) is 0 Å². The lowest BCUT2D eigenvalue weighted by atomic mass is 10.1. The Morgan fingerprint density at radius 2 is 2.18 bits per heavy atom. The Labute approximate surface area is 99.6 Å². The number of tetrazole rings is 1. The fourth-order valence-corrected chi connectivity index (χ4v) is 2.10. The Hall–Kier alpha value is -1.91. The van der Waals surface area contributed by atoms with Crippen molar-refractivity contribution in [2.75, 3.05) is 5.73 Å². The molecule has 5 heteroatoms. The van der Waals surface area contributed by atoms with E-state index in [4.69, 9.17) is 5.73 Å². The SMILES string of the molecule is Cc1ccc(N)c(-c2nnnn2C2CC2C)c1. The van der Waals surface area contributed by atoms with Gasteiger partial charge < -0.3 is 5.73 Å². The van der Waals surface area contributed by atoms with E-state index in [1.54, 1.807) is 0 Å². The number of nitrogens with zero attached hydrogens (tertiary/aromatic N) is 4. The van der Waals surface area contributed by atoms with Crippen LogP contribution >= 0.6 is 0 Å². The van der Waals surface area contributed by atoms with Gasteiger partial charge in [0, 0.05) is 11.3 Å². The van der Waals surface area contributed by atoms with Gasteiger partial charge in [0.05, 0.1) is 6.04 Å². The van der Waals surface area contributed by atoms with Crippen LogP contribution < -0.4 is 5.73 Å². The summed E-state index contributed by atoms with van der Waals surface area (Å²) in [5, 5.41) is 12.0. The summed E-state index contributed by atoms with van der Waals surface area (Å²) in [6.07, 6.45) is 1.14. The van der Waals surface area contributed by atoms with Gasteiger partial charge in [0.25, 0.3) is 0 Å². The van der Waals surface area contributed by atoms with Gasteiger partial charge in [-0.25, -0.2) is 4.68 Å². The van der Waals surface area contributed by atoms with Crippen molar-refractivity contribution in [2.45, 2.75) is 26.3 Å². The van der Waals surface area contributed by atoms with Gasteiger partial charge in [-0.05, 0) is 41.8 Å². The van der Waals surface area contributed by atoms with Crippen LogP contribution in [0.15, 0.2) is 18.2 Å². The zero-order valence-electron chi connectivity index (χ0n) is 9.96. The zero-order chi connectivity index (χ0) is 12.0.